The van der Waals surface area contributed by atoms with Crippen molar-refractivity contribution in [2.45, 2.75) is 40.0 Å². The number of aryl methyl sites for hydroxylation is 1. The van der Waals surface area contributed by atoms with E-state index in [1.54, 1.807) is 0 Å². The zero-order valence-electron chi connectivity index (χ0n) is 11.0. The van der Waals surface area contributed by atoms with Crippen molar-refractivity contribution in [3.05, 3.63) is 34.4 Å². The highest BCUT2D eigenvalue weighted by Gasteiger charge is 2.14. The van der Waals surface area contributed by atoms with Crippen LogP contribution in [-0.4, -0.2) is 11.1 Å². The van der Waals surface area contributed by atoms with Crippen molar-refractivity contribution in [1.29, 1.82) is 0 Å². The second-order valence-electron chi connectivity index (χ2n) is 3.85. The number of halogens is 1. The number of hydrogen-bond acceptors (Lipinski definition) is 2. The van der Waals surface area contributed by atoms with E-state index in [-0.39, 0.29) is 11.9 Å². The highest BCUT2D eigenvalue weighted by molar-refractivity contribution is 9.09. The highest BCUT2D eigenvalue weighted by Crippen LogP contribution is 2.22. The van der Waals surface area contributed by atoms with Crippen molar-refractivity contribution >= 4 is 21.7 Å². The third-order valence-electron chi connectivity index (χ3n) is 3.04. The molecule has 0 amide bonds. The van der Waals surface area contributed by atoms with E-state index in [1.165, 1.54) is 16.7 Å². The molecule has 0 spiro atoms. The number of alkyl halides is 1. The third-order valence-corrected chi connectivity index (χ3v) is 3.55. The zero-order valence-corrected chi connectivity index (χ0v) is 12.6. The molecule has 0 bridgehead atoms. The summed E-state index contributed by atoms with van der Waals surface area (Å²) < 4.78 is 0. The standard InChI is InChI=1S/C14H19BrO.H3N/c1-4-10-7-8-13(14(16)9-15)12(6-3)11(10)5-2;/h7-8H,4-6,9H2,1-3H3;1H3. The number of carbonyl (C=O) groups excluding carboxylic acids is 1. The van der Waals surface area contributed by atoms with Gasteiger partial charge in [0.2, 0.25) is 0 Å². The van der Waals surface area contributed by atoms with Gasteiger partial charge in [0.1, 0.15) is 0 Å². The normalized spacial score (nSPS) is 9.88. The predicted octanol–water partition coefficient (Wildman–Crippen LogP) is 4.11. The third kappa shape index (κ3) is 3.39. The summed E-state index contributed by atoms with van der Waals surface area (Å²) in [5, 5.41) is 0.411. The Labute approximate surface area is 113 Å². The molecule has 0 radical (unpaired) electrons. The number of rotatable bonds is 5. The van der Waals surface area contributed by atoms with Crippen LogP contribution in [0.2, 0.25) is 0 Å². The van der Waals surface area contributed by atoms with Gasteiger partial charge in [-0.05, 0) is 36.0 Å². The van der Waals surface area contributed by atoms with Crippen molar-refractivity contribution in [2.75, 3.05) is 5.33 Å². The fourth-order valence-corrected chi connectivity index (χ4v) is 2.55. The summed E-state index contributed by atoms with van der Waals surface area (Å²) in [5.74, 6) is 0.189. The Kier molecular flexibility index (Phi) is 7.32. The number of benzene rings is 1. The molecule has 0 fully saturated rings. The van der Waals surface area contributed by atoms with E-state index in [0.717, 1.165) is 24.8 Å². The molecule has 17 heavy (non-hydrogen) atoms. The Hall–Kier alpha value is -0.670. The number of Topliss-reactive ketones (excluding diaryl/α,β-unsaturated/α-hetero) is 1. The SMILES string of the molecule is CCc1ccc(C(=O)CBr)c(CC)c1CC.N. The minimum absolute atomic E-state index is 0. The molecular formula is C14H22BrNO. The fourth-order valence-electron chi connectivity index (χ4n) is 2.25. The summed E-state index contributed by atoms with van der Waals surface area (Å²) in [6, 6.07) is 4.09. The molecule has 0 aliphatic carbocycles. The minimum Gasteiger partial charge on any atom is -0.344 e. The quantitative estimate of drug-likeness (QED) is 0.657. The topological polar surface area (TPSA) is 52.1 Å². The summed E-state index contributed by atoms with van der Waals surface area (Å²) in [5.41, 5.74) is 4.89. The van der Waals surface area contributed by atoms with Gasteiger partial charge in [-0.1, -0.05) is 48.8 Å². The van der Waals surface area contributed by atoms with Gasteiger partial charge in [-0.25, -0.2) is 0 Å². The molecule has 3 N–H and O–H groups in total. The van der Waals surface area contributed by atoms with Crippen LogP contribution in [0.15, 0.2) is 12.1 Å². The second-order valence-corrected chi connectivity index (χ2v) is 4.41. The Morgan fingerprint density at radius 3 is 2.06 bits per heavy atom. The molecule has 0 atom stereocenters. The van der Waals surface area contributed by atoms with Gasteiger partial charge in [-0.15, -0.1) is 0 Å². The molecule has 0 aliphatic rings. The summed E-state index contributed by atoms with van der Waals surface area (Å²) in [6.45, 7) is 6.45. The zero-order chi connectivity index (χ0) is 12.1. The van der Waals surface area contributed by atoms with Gasteiger partial charge in [0.05, 0.1) is 5.33 Å². The van der Waals surface area contributed by atoms with E-state index in [4.69, 9.17) is 0 Å². The van der Waals surface area contributed by atoms with Crippen molar-refractivity contribution in [2.24, 2.45) is 0 Å². The van der Waals surface area contributed by atoms with E-state index in [9.17, 15) is 4.79 Å². The van der Waals surface area contributed by atoms with Gasteiger partial charge in [0, 0.05) is 5.56 Å². The molecule has 3 heteroatoms. The van der Waals surface area contributed by atoms with Crippen LogP contribution in [0.3, 0.4) is 0 Å². The maximum absolute atomic E-state index is 11.8. The largest absolute Gasteiger partial charge is 0.344 e. The molecule has 2 nitrogen and oxygen atoms in total. The maximum atomic E-state index is 11.8. The molecular weight excluding hydrogens is 278 g/mol. The number of hydrogen-bond donors (Lipinski definition) is 1. The molecule has 0 aliphatic heterocycles. The van der Waals surface area contributed by atoms with E-state index in [1.807, 2.05) is 6.07 Å². The first-order valence-corrected chi connectivity index (χ1v) is 7.04. The fraction of sp³-hybridized carbons (Fsp3) is 0.500. The first-order valence-electron chi connectivity index (χ1n) is 5.92. The lowest BCUT2D eigenvalue weighted by atomic mass is 9.90. The molecule has 0 saturated carbocycles. The molecule has 0 saturated heterocycles. The van der Waals surface area contributed by atoms with Gasteiger partial charge >= 0.3 is 0 Å². The molecule has 1 aromatic carbocycles. The lowest BCUT2D eigenvalue weighted by Crippen LogP contribution is -2.09. The first-order chi connectivity index (χ1) is 7.69. The summed E-state index contributed by atoms with van der Waals surface area (Å²) in [7, 11) is 0. The van der Waals surface area contributed by atoms with Crippen LogP contribution < -0.4 is 6.15 Å². The summed E-state index contributed by atoms with van der Waals surface area (Å²) in [4.78, 5) is 11.8. The van der Waals surface area contributed by atoms with Crippen molar-refractivity contribution in [1.82, 2.24) is 6.15 Å². The van der Waals surface area contributed by atoms with E-state index in [2.05, 4.69) is 42.8 Å². The summed E-state index contributed by atoms with van der Waals surface area (Å²) in [6.07, 6.45) is 2.99. The van der Waals surface area contributed by atoms with Crippen molar-refractivity contribution < 1.29 is 4.79 Å². The average molecular weight is 300 g/mol. The highest BCUT2D eigenvalue weighted by atomic mass is 79.9. The van der Waals surface area contributed by atoms with Crippen LogP contribution >= 0.6 is 15.9 Å². The molecule has 0 aromatic heterocycles. The second kappa shape index (κ2) is 7.62. The molecule has 0 unspecified atom stereocenters. The van der Waals surface area contributed by atoms with E-state index in [0.29, 0.717) is 5.33 Å². The Bertz CT molecular complexity index is 388. The predicted molar refractivity (Wildman–Crippen MR) is 77.7 cm³/mol. The van der Waals surface area contributed by atoms with Crippen LogP contribution in [0.25, 0.3) is 0 Å². The van der Waals surface area contributed by atoms with Gasteiger partial charge < -0.3 is 6.15 Å². The maximum Gasteiger partial charge on any atom is 0.173 e. The van der Waals surface area contributed by atoms with Crippen LogP contribution in [0.4, 0.5) is 0 Å². The monoisotopic (exact) mass is 299 g/mol. The van der Waals surface area contributed by atoms with Crippen molar-refractivity contribution in [3.8, 4) is 0 Å². The molecule has 1 aromatic rings. The molecule has 96 valence electrons. The Morgan fingerprint density at radius 1 is 1.06 bits per heavy atom. The van der Waals surface area contributed by atoms with Crippen LogP contribution in [0, 0.1) is 0 Å². The van der Waals surface area contributed by atoms with E-state index >= 15 is 0 Å². The number of carbonyl (C=O) groups is 1. The first kappa shape index (κ1) is 16.3. The lowest BCUT2D eigenvalue weighted by Gasteiger charge is -2.15. The Balaban J connectivity index is 0.00000256. The lowest BCUT2D eigenvalue weighted by molar-refractivity contribution is 0.102. The van der Waals surface area contributed by atoms with E-state index < -0.39 is 0 Å². The average Bonchev–Trinajstić information content (AvgIpc) is 2.35. The van der Waals surface area contributed by atoms with Crippen LogP contribution in [0.5, 0.6) is 0 Å². The van der Waals surface area contributed by atoms with Gasteiger partial charge in [0.25, 0.3) is 0 Å². The van der Waals surface area contributed by atoms with Gasteiger partial charge in [0.15, 0.2) is 5.78 Å². The van der Waals surface area contributed by atoms with Gasteiger partial charge in [-0.2, -0.15) is 0 Å². The van der Waals surface area contributed by atoms with Gasteiger partial charge in [-0.3, -0.25) is 4.79 Å². The smallest absolute Gasteiger partial charge is 0.173 e. The number of ketones is 1. The van der Waals surface area contributed by atoms with Crippen molar-refractivity contribution in [3.63, 3.8) is 0 Å². The molecule has 1 rings (SSSR count). The van der Waals surface area contributed by atoms with Crippen LogP contribution in [-0.2, 0) is 19.3 Å². The van der Waals surface area contributed by atoms with Crippen LogP contribution in [0.1, 0.15) is 47.8 Å². The minimum atomic E-state index is 0. The molecule has 0 heterocycles. The summed E-state index contributed by atoms with van der Waals surface area (Å²) >= 11 is 3.25. The Morgan fingerprint density at radius 2 is 1.65 bits per heavy atom.